The normalized spacial score (nSPS) is 9.62. The van der Waals surface area contributed by atoms with Crippen LogP contribution in [0.25, 0.3) is 0 Å². The molecule has 0 saturated heterocycles. The molecule has 0 fully saturated rings. The Morgan fingerprint density at radius 1 is 1.46 bits per heavy atom. The smallest absolute Gasteiger partial charge is 0.338 e. The third-order valence-electron chi connectivity index (χ3n) is 1.41. The van der Waals surface area contributed by atoms with Crippen LogP contribution in [0.4, 0.5) is 0 Å². The summed E-state index contributed by atoms with van der Waals surface area (Å²) >= 11 is 0. The predicted molar refractivity (Wildman–Crippen MR) is 45.5 cm³/mol. The molecule has 0 bridgehead atoms. The molecule has 2 N–H and O–H groups in total. The van der Waals surface area contributed by atoms with Gasteiger partial charge in [0.2, 0.25) is 0 Å². The number of ether oxygens (including phenoxy) is 1. The first-order valence-electron chi connectivity index (χ1n) is 3.81. The Balaban J connectivity index is 2.66. The number of benzene rings is 1. The fourth-order valence-corrected chi connectivity index (χ4v) is 0.855. The molecule has 70 valence electrons. The van der Waals surface area contributed by atoms with E-state index in [0.29, 0.717) is 0 Å². The number of aliphatic hydroxyl groups excluding tert-OH is 1. The molecule has 4 heteroatoms. The monoisotopic (exact) mass is 182 g/mol. The summed E-state index contributed by atoms with van der Waals surface area (Å²) in [5.74, 6) is -0.539. The Hall–Kier alpha value is -1.55. The average Bonchev–Trinajstić information content (AvgIpc) is 2.14. The van der Waals surface area contributed by atoms with Gasteiger partial charge in [-0.3, -0.25) is 0 Å². The number of carbonyl (C=O) groups is 1. The summed E-state index contributed by atoms with van der Waals surface area (Å²) in [6, 6.07) is 5.84. The number of aliphatic hydroxyl groups is 1. The first-order valence-corrected chi connectivity index (χ1v) is 3.81. The Labute approximate surface area is 75.4 Å². The van der Waals surface area contributed by atoms with Gasteiger partial charge in [0.25, 0.3) is 0 Å². The molecule has 0 spiro atoms. The van der Waals surface area contributed by atoms with Crippen LogP contribution in [0, 0.1) is 0 Å². The molecule has 13 heavy (non-hydrogen) atoms. The summed E-state index contributed by atoms with van der Waals surface area (Å²) < 4.78 is 4.63. The van der Waals surface area contributed by atoms with Gasteiger partial charge in [0.05, 0.1) is 12.2 Å². The summed E-state index contributed by atoms with van der Waals surface area (Å²) in [7, 11) is 0. The van der Waals surface area contributed by atoms with Crippen molar-refractivity contribution >= 4 is 5.97 Å². The highest BCUT2D eigenvalue weighted by molar-refractivity contribution is 5.89. The lowest BCUT2D eigenvalue weighted by molar-refractivity contribution is 0.0433. The van der Waals surface area contributed by atoms with Crippen LogP contribution in [0.15, 0.2) is 24.3 Å². The third-order valence-corrected chi connectivity index (χ3v) is 1.41. The van der Waals surface area contributed by atoms with Gasteiger partial charge in [-0.25, -0.2) is 4.79 Å². The van der Waals surface area contributed by atoms with Crippen LogP contribution in [-0.2, 0) is 4.74 Å². The van der Waals surface area contributed by atoms with Gasteiger partial charge in [-0.05, 0) is 18.2 Å². The van der Waals surface area contributed by atoms with Crippen LogP contribution in [0.3, 0.4) is 0 Å². The highest BCUT2D eigenvalue weighted by Gasteiger charge is 2.06. The molecule has 0 aliphatic carbocycles. The second-order valence-corrected chi connectivity index (χ2v) is 2.41. The highest BCUT2D eigenvalue weighted by atomic mass is 16.5. The minimum atomic E-state index is -0.551. The highest BCUT2D eigenvalue weighted by Crippen LogP contribution is 2.11. The van der Waals surface area contributed by atoms with Gasteiger partial charge in [-0.1, -0.05) is 6.07 Å². The quantitative estimate of drug-likeness (QED) is 0.669. The summed E-state index contributed by atoms with van der Waals surface area (Å²) in [5, 5.41) is 17.4. The van der Waals surface area contributed by atoms with E-state index in [1.54, 1.807) is 6.07 Å². The van der Waals surface area contributed by atoms with Crippen molar-refractivity contribution in [2.45, 2.75) is 0 Å². The largest absolute Gasteiger partial charge is 0.508 e. The van der Waals surface area contributed by atoms with Crippen molar-refractivity contribution in [1.82, 2.24) is 0 Å². The zero-order valence-corrected chi connectivity index (χ0v) is 6.93. The van der Waals surface area contributed by atoms with Crippen molar-refractivity contribution in [3.8, 4) is 5.75 Å². The fraction of sp³-hybridized carbons (Fsp3) is 0.222. The van der Waals surface area contributed by atoms with E-state index in [4.69, 9.17) is 10.2 Å². The number of rotatable bonds is 3. The van der Waals surface area contributed by atoms with E-state index >= 15 is 0 Å². The number of carbonyl (C=O) groups excluding carboxylic acids is 1. The lowest BCUT2D eigenvalue weighted by Crippen LogP contribution is -2.08. The SMILES string of the molecule is O=C(OCCO)c1cccc(O)c1. The van der Waals surface area contributed by atoms with Crippen LogP contribution < -0.4 is 0 Å². The van der Waals surface area contributed by atoms with E-state index in [0.717, 1.165) is 0 Å². The topological polar surface area (TPSA) is 66.8 Å². The maximum Gasteiger partial charge on any atom is 0.338 e. The van der Waals surface area contributed by atoms with E-state index in [2.05, 4.69) is 4.74 Å². The third kappa shape index (κ3) is 2.76. The Morgan fingerprint density at radius 2 is 2.23 bits per heavy atom. The van der Waals surface area contributed by atoms with Gasteiger partial charge in [-0.2, -0.15) is 0 Å². The zero-order chi connectivity index (χ0) is 9.68. The van der Waals surface area contributed by atoms with Gasteiger partial charge in [0.15, 0.2) is 0 Å². The van der Waals surface area contributed by atoms with Crippen molar-refractivity contribution in [2.24, 2.45) is 0 Å². The van der Waals surface area contributed by atoms with E-state index in [9.17, 15) is 4.79 Å². The number of hydrogen-bond donors (Lipinski definition) is 2. The van der Waals surface area contributed by atoms with Crippen molar-refractivity contribution < 1.29 is 19.7 Å². The summed E-state index contributed by atoms with van der Waals surface area (Å²) in [5.41, 5.74) is 0.272. The lowest BCUT2D eigenvalue weighted by Gasteiger charge is -2.02. The van der Waals surface area contributed by atoms with Crippen molar-refractivity contribution in [1.29, 1.82) is 0 Å². The molecule has 1 rings (SSSR count). The number of phenolic OH excluding ortho intramolecular Hbond substituents is 1. The molecule has 1 aromatic carbocycles. The molecule has 0 amide bonds. The summed E-state index contributed by atoms with van der Waals surface area (Å²) in [6.07, 6.45) is 0. The standard InChI is InChI=1S/C9H10O4/c10-4-5-13-9(12)7-2-1-3-8(11)6-7/h1-3,6,10-11H,4-5H2. The number of phenols is 1. The van der Waals surface area contributed by atoms with E-state index in [-0.39, 0.29) is 24.5 Å². The van der Waals surface area contributed by atoms with Crippen LogP contribution >= 0.6 is 0 Å². The van der Waals surface area contributed by atoms with Crippen molar-refractivity contribution in [3.05, 3.63) is 29.8 Å². The Bertz CT molecular complexity index is 295. The minimum Gasteiger partial charge on any atom is -0.508 e. The first-order chi connectivity index (χ1) is 6.24. The van der Waals surface area contributed by atoms with Crippen molar-refractivity contribution in [2.75, 3.05) is 13.2 Å². The molecule has 1 aromatic rings. The van der Waals surface area contributed by atoms with E-state index in [1.807, 2.05) is 0 Å². The molecular formula is C9H10O4. The maximum absolute atomic E-state index is 11.1. The average molecular weight is 182 g/mol. The predicted octanol–water partition coefficient (Wildman–Crippen LogP) is 0.541. The number of aromatic hydroxyl groups is 1. The van der Waals surface area contributed by atoms with Crippen LogP contribution in [0.1, 0.15) is 10.4 Å². The summed E-state index contributed by atoms with van der Waals surface area (Å²) in [6.45, 7) is -0.237. The van der Waals surface area contributed by atoms with Gasteiger partial charge in [0, 0.05) is 0 Å². The van der Waals surface area contributed by atoms with Gasteiger partial charge in [-0.15, -0.1) is 0 Å². The van der Waals surface area contributed by atoms with Gasteiger partial charge in [0.1, 0.15) is 12.4 Å². The van der Waals surface area contributed by atoms with Crippen LogP contribution in [0.5, 0.6) is 5.75 Å². The first kappa shape index (κ1) is 9.54. The minimum absolute atomic E-state index is 0.0125. The second kappa shape index (κ2) is 4.47. The molecule has 0 aliphatic heterocycles. The Kier molecular flexibility index (Phi) is 3.28. The fourth-order valence-electron chi connectivity index (χ4n) is 0.855. The van der Waals surface area contributed by atoms with E-state index in [1.165, 1.54) is 18.2 Å². The molecule has 0 radical (unpaired) electrons. The number of hydrogen-bond acceptors (Lipinski definition) is 4. The lowest BCUT2D eigenvalue weighted by atomic mass is 10.2. The molecule has 0 unspecified atom stereocenters. The zero-order valence-electron chi connectivity index (χ0n) is 6.93. The molecule has 0 aliphatic rings. The van der Waals surface area contributed by atoms with Crippen LogP contribution in [-0.4, -0.2) is 29.4 Å². The molecule has 0 aromatic heterocycles. The van der Waals surface area contributed by atoms with Gasteiger partial charge < -0.3 is 14.9 Å². The van der Waals surface area contributed by atoms with Gasteiger partial charge >= 0.3 is 5.97 Å². The second-order valence-electron chi connectivity index (χ2n) is 2.41. The molecular weight excluding hydrogens is 172 g/mol. The molecule has 0 heterocycles. The number of esters is 1. The Morgan fingerprint density at radius 3 is 2.85 bits per heavy atom. The molecule has 0 saturated carbocycles. The molecule has 0 atom stereocenters. The van der Waals surface area contributed by atoms with Crippen LogP contribution in [0.2, 0.25) is 0 Å². The summed E-state index contributed by atoms with van der Waals surface area (Å²) in [4.78, 5) is 11.1. The maximum atomic E-state index is 11.1. The molecule has 4 nitrogen and oxygen atoms in total. The van der Waals surface area contributed by atoms with E-state index < -0.39 is 5.97 Å². The van der Waals surface area contributed by atoms with Crippen molar-refractivity contribution in [3.63, 3.8) is 0 Å².